The largest absolute Gasteiger partial charge is 0.494 e. The van der Waals surface area contributed by atoms with Crippen molar-refractivity contribution >= 4 is 11.6 Å². The van der Waals surface area contributed by atoms with E-state index >= 15 is 0 Å². The topological polar surface area (TPSA) is 71.7 Å². The molecule has 0 spiro atoms. The maximum Gasteiger partial charge on any atom is 0.227 e. The van der Waals surface area contributed by atoms with Crippen LogP contribution >= 0.6 is 0 Å². The van der Waals surface area contributed by atoms with Gasteiger partial charge in [0.15, 0.2) is 0 Å². The van der Waals surface area contributed by atoms with Gasteiger partial charge in [-0.3, -0.25) is 4.79 Å². The SMILES string of the molecule is CCOc1ccc(-c2noc(CCC(=O)N(C)Cc3ccccc3N3CCCCC3)n2)cc1. The van der Waals surface area contributed by atoms with Gasteiger partial charge in [0, 0.05) is 50.8 Å². The van der Waals surface area contributed by atoms with E-state index in [0.29, 0.717) is 37.7 Å². The van der Waals surface area contributed by atoms with Crippen molar-refractivity contribution in [3.63, 3.8) is 0 Å². The summed E-state index contributed by atoms with van der Waals surface area (Å²) in [5, 5.41) is 4.06. The predicted octanol–water partition coefficient (Wildman–Crippen LogP) is 4.72. The summed E-state index contributed by atoms with van der Waals surface area (Å²) in [5.41, 5.74) is 3.28. The van der Waals surface area contributed by atoms with Gasteiger partial charge >= 0.3 is 0 Å². The predicted molar refractivity (Wildman–Crippen MR) is 128 cm³/mol. The van der Waals surface area contributed by atoms with Crippen LogP contribution in [0.25, 0.3) is 11.4 Å². The molecule has 7 heteroatoms. The van der Waals surface area contributed by atoms with E-state index in [1.807, 2.05) is 44.3 Å². The Bertz CT molecular complexity index is 1040. The molecule has 1 amide bonds. The van der Waals surface area contributed by atoms with Gasteiger partial charge in [-0.25, -0.2) is 0 Å². The molecule has 1 aliphatic heterocycles. The van der Waals surface area contributed by atoms with E-state index in [0.717, 1.165) is 24.4 Å². The number of ether oxygens (including phenoxy) is 1. The first kappa shape index (κ1) is 22.8. The highest BCUT2D eigenvalue weighted by Gasteiger charge is 2.18. The molecule has 1 aliphatic rings. The summed E-state index contributed by atoms with van der Waals surface area (Å²) in [6.45, 7) is 5.33. The van der Waals surface area contributed by atoms with Crippen molar-refractivity contribution in [1.82, 2.24) is 15.0 Å². The summed E-state index contributed by atoms with van der Waals surface area (Å²) in [5.74, 6) is 1.85. The number of rotatable bonds is 9. The zero-order valence-electron chi connectivity index (χ0n) is 19.5. The van der Waals surface area contributed by atoms with Gasteiger partial charge in [0.2, 0.25) is 17.6 Å². The highest BCUT2D eigenvalue weighted by Crippen LogP contribution is 2.25. The Morgan fingerprint density at radius 1 is 1.09 bits per heavy atom. The number of anilines is 1. The third kappa shape index (κ3) is 5.92. The second kappa shape index (κ2) is 11.0. The molecule has 1 fully saturated rings. The number of amides is 1. The molecule has 2 aromatic carbocycles. The second-order valence-corrected chi connectivity index (χ2v) is 8.40. The van der Waals surface area contributed by atoms with Gasteiger partial charge in [-0.15, -0.1) is 0 Å². The van der Waals surface area contributed by atoms with E-state index < -0.39 is 0 Å². The number of carbonyl (C=O) groups excluding carboxylic acids is 1. The van der Waals surface area contributed by atoms with Crippen LogP contribution in [0.3, 0.4) is 0 Å². The maximum atomic E-state index is 12.8. The average molecular weight is 449 g/mol. The Morgan fingerprint density at radius 3 is 2.61 bits per heavy atom. The van der Waals surface area contributed by atoms with Crippen LogP contribution in [0.2, 0.25) is 0 Å². The third-order valence-corrected chi connectivity index (χ3v) is 5.97. The number of piperidine rings is 1. The molecular formula is C26H32N4O3. The van der Waals surface area contributed by atoms with Crippen LogP contribution in [0.15, 0.2) is 53.1 Å². The van der Waals surface area contributed by atoms with Crippen molar-refractivity contribution in [2.24, 2.45) is 0 Å². The van der Waals surface area contributed by atoms with Crippen molar-refractivity contribution in [2.75, 3.05) is 31.6 Å². The molecule has 174 valence electrons. The van der Waals surface area contributed by atoms with Crippen molar-refractivity contribution < 1.29 is 14.1 Å². The lowest BCUT2D eigenvalue weighted by atomic mass is 10.1. The zero-order valence-corrected chi connectivity index (χ0v) is 19.5. The van der Waals surface area contributed by atoms with Crippen LogP contribution in [0.5, 0.6) is 5.75 Å². The van der Waals surface area contributed by atoms with Crippen LogP contribution in [0.4, 0.5) is 5.69 Å². The first-order valence-corrected chi connectivity index (χ1v) is 11.8. The van der Waals surface area contributed by atoms with Crippen LogP contribution in [-0.2, 0) is 17.8 Å². The number of carbonyl (C=O) groups is 1. The molecule has 33 heavy (non-hydrogen) atoms. The fourth-order valence-corrected chi connectivity index (χ4v) is 4.18. The van der Waals surface area contributed by atoms with Crippen LogP contribution in [0, 0.1) is 0 Å². The summed E-state index contributed by atoms with van der Waals surface area (Å²) >= 11 is 0. The number of hydrogen-bond acceptors (Lipinski definition) is 6. The van der Waals surface area contributed by atoms with E-state index in [1.165, 1.54) is 30.5 Å². The van der Waals surface area contributed by atoms with E-state index in [1.54, 1.807) is 4.90 Å². The third-order valence-electron chi connectivity index (χ3n) is 5.97. The van der Waals surface area contributed by atoms with E-state index in [-0.39, 0.29) is 5.91 Å². The summed E-state index contributed by atoms with van der Waals surface area (Å²) in [6.07, 6.45) is 4.50. The number of aryl methyl sites for hydroxylation is 1. The molecule has 2 heterocycles. The smallest absolute Gasteiger partial charge is 0.227 e. The Balaban J connectivity index is 1.32. The molecule has 0 bridgehead atoms. The second-order valence-electron chi connectivity index (χ2n) is 8.40. The van der Waals surface area contributed by atoms with Crippen molar-refractivity contribution in [3.05, 3.63) is 60.0 Å². The molecule has 0 unspecified atom stereocenters. The van der Waals surface area contributed by atoms with Crippen LogP contribution < -0.4 is 9.64 Å². The molecule has 1 saturated heterocycles. The first-order chi connectivity index (χ1) is 16.1. The number of benzene rings is 2. The fraction of sp³-hybridized carbons (Fsp3) is 0.423. The van der Waals surface area contributed by atoms with E-state index in [2.05, 4.69) is 33.2 Å². The summed E-state index contributed by atoms with van der Waals surface area (Å²) in [7, 11) is 1.86. The quantitative estimate of drug-likeness (QED) is 0.472. The monoisotopic (exact) mass is 448 g/mol. The van der Waals surface area contributed by atoms with Gasteiger partial charge in [-0.2, -0.15) is 4.98 Å². The molecule has 0 saturated carbocycles. The summed E-state index contributed by atoms with van der Waals surface area (Å²) in [4.78, 5) is 21.5. The first-order valence-electron chi connectivity index (χ1n) is 11.8. The Morgan fingerprint density at radius 2 is 1.85 bits per heavy atom. The maximum absolute atomic E-state index is 12.8. The molecule has 0 radical (unpaired) electrons. The van der Waals surface area contributed by atoms with Gasteiger partial charge in [0.1, 0.15) is 5.75 Å². The van der Waals surface area contributed by atoms with Gasteiger partial charge in [-0.1, -0.05) is 23.4 Å². The van der Waals surface area contributed by atoms with E-state index in [4.69, 9.17) is 9.26 Å². The lowest BCUT2D eigenvalue weighted by Gasteiger charge is -2.31. The molecule has 1 aromatic heterocycles. The molecule has 0 aliphatic carbocycles. The lowest BCUT2D eigenvalue weighted by molar-refractivity contribution is -0.130. The number of para-hydroxylation sites is 1. The van der Waals surface area contributed by atoms with Crippen LogP contribution in [0.1, 0.15) is 44.1 Å². The summed E-state index contributed by atoms with van der Waals surface area (Å²) < 4.78 is 10.8. The van der Waals surface area contributed by atoms with Gasteiger partial charge in [-0.05, 0) is 62.1 Å². The highest BCUT2D eigenvalue weighted by atomic mass is 16.5. The van der Waals surface area contributed by atoms with Crippen molar-refractivity contribution in [1.29, 1.82) is 0 Å². The van der Waals surface area contributed by atoms with Gasteiger partial charge in [0.25, 0.3) is 0 Å². The molecular weight excluding hydrogens is 416 g/mol. The molecule has 4 rings (SSSR count). The average Bonchev–Trinajstić information content (AvgIpc) is 3.33. The number of nitrogens with zero attached hydrogens (tertiary/aromatic N) is 4. The minimum atomic E-state index is 0.0595. The minimum Gasteiger partial charge on any atom is -0.494 e. The number of aromatic nitrogens is 2. The van der Waals surface area contributed by atoms with Crippen LogP contribution in [-0.4, -0.2) is 47.7 Å². The Kier molecular flexibility index (Phi) is 7.60. The molecule has 7 nitrogen and oxygen atoms in total. The van der Waals surface area contributed by atoms with E-state index in [9.17, 15) is 4.79 Å². The van der Waals surface area contributed by atoms with Crippen molar-refractivity contribution in [2.45, 2.75) is 45.6 Å². The fourth-order valence-electron chi connectivity index (χ4n) is 4.18. The molecule has 3 aromatic rings. The Hall–Kier alpha value is -3.35. The van der Waals surface area contributed by atoms with Gasteiger partial charge < -0.3 is 19.1 Å². The molecule has 0 atom stereocenters. The standard InChI is InChI=1S/C26H32N4O3/c1-3-32-22-13-11-20(12-14-22)26-27-24(33-28-26)15-16-25(31)29(2)19-21-9-5-6-10-23(21)30-17-7-4-8-18-30/h5-6,9-14H,3-4,7-8,15-19H2,1-2H3. The summed E-state index contributed by atoms with van der Waals surface area (Å²) in [6, 6.07) is 16.0. The van der Waals surface area contributed by atoms with Crippen molar-refractivity contribution in [3.8, 4) is 17.1 Å². The lowest BCUT2D eigenvalue weighted by Crippen LogP contribution is -2.32. The molecule has 0 N–H and O–H groups in total. The Labute approximate surface area is 195 Å². The zero-order chi connectivity index (χ0) is 23.0. The minimum absolute atomic E-state index is 0.0595. The van der Waals surface area contributed by atoms with Gasteiger partial charge in [0.05, 0.1) is 6.61 Å². The normalized spacial score (nSPS) is 13.7. The number of hydrogen-bond donors (Lipinski definition) is 0. The highest BCUT2D eigenvalue weighted by molar-refractivity contribution is 5.76.